The van der Waals surface area contributed by atoms with Crippen LogP contribution < -0.4 is 5.32 Å². The minimum absolute atomic E-state index is 0.0952. The van der Waals surface area contributed by atoms with E-state index < -0.39 is 12.6 Å². The van der Waals surface area contributed by atoms with Crippen LogP contribution in [0.25, 0.3) is 0 Å². The molecule has 0 aliphatic heterocycles. The second-order valence-corrected chi connectivity index (χ2v) is 5.91. The van der Waals surface area contributed by atoms with Crippen LogP contribution in [0.15, 0.2) is 0 Å². The Labute approximate surface area is 114 Å². The maximum absolute atomic E-state index is 12.5. The quantitative estimate of drug-likeness (QED) is 0.774. The van der Waals surface area contributed by atoms with Gasteiger partial charge in [0.15, 0.2) is 0 Å². The molecule has 0 aromatic carbocycles. The second kappa shape index (κ2) is 6.93. The SMILES string of the molecule is CNC(CCC(F)(F)F)C1(N(C)C)CCCCCC1. The van der Waals surface area contributed by atoms with Crippen LogP contribution in [0.5, 0.6) is 0 Å². The van der Waals surface area contributed by atoms with E-state index in [-0.39, 0.29) is 18.0 Å². The molecule has 0 saturated heterocycles. The zero-order chi connectivity index (χ0) is 14.5. The van der Waals surface area contributed by atoms with E-state index in [0.29, 0.717) is 0 Å². The first kappa shape index (κ1) is 16.8. The molecule has 1 atom stereocenters. The van der Waals surface area contributed by atoms with E-state index in [1.54, 1.807) is 7.05 Å². The highest BCUT2D eigenvalue weighted by atomic mass is 19.4. The van der Waals surface area contributed by atoms with Crippen LogP contribution in [0.1, 0.15) is 51.4 Å². The molecule has 1 N–H and O–H groups in total. The number of halogens is 3. The van der Waals surface area contributed by atoms with Gasteiger partial charge in [0.1, 0.15) is 0 Å². The van der Waals surface area contributed by atoms with Crippen LogP contribution >= 0.6 is 0 Å². The zero-order valence-electron chi connectivity index (χ0n) is 12.3. The van der Waals surface area contributed by atoms with Crippen LogP contribution in [-0.2, 0) is 0 Å². The van der Waals surface area contributed by atoms with E-state index in [1.807, 2.05) is 14.1 Å². The summed E-state index contributed by atoms with van der Waals surface area (Å²) >= 11 is 0. The van der Waals surface area contributed by atoms with E-state index in [0.717, 1.165) is 25.7 Å². The van der Waals surface area contributed by atoms with E-state index in [9.17, 15) is 13.2 Å². The molecule has 19 heavy (non-hydrogen) atoms. The molecular weight excluding hydrogens is 253 g/mol. The van der Waals surface area contributed by atoms with Crippen molar-refractivity contribution in [3.63, 3.8) is 0 Å². The Morgan fingerprint density at radius 2 is 1.63 bits per heavy atom. The lowest BCUT2D eigenvalue weighted by atomic mass is 9.79. The Hall–Kier alpha value is -0.290. The van der Waals surface area contributed by atoms with Crippen molar-refractivity contribution in [2.75, 3.05) is 21.1 Å². The third-order valence-electron chi connectivity index (χ3n) is 4.57. The van der Waals surface area contributed by atoms with Gasteiger partial charge in [0.2, 0.25) is 0 Å². The van der Waals surface area contributed by atoms with Crippen molar-refractivity contribution in [1.82, 2.24) is 10.2 Å². The van der Waals surface area contributed by atoms with Crippen molar-refractivity contribution in [2.24, 2.45) is 0 Å². The summed E-state index contributed by atoms with van der Waals surface area (Å²) in [6.07, 6.45) is 2.01. The lowest BCUT2D eigenvalue weighted by Gasteiger charge is -2.46. The van der Waals surface area contributed by atoms with Crippen molar-refractivity contribution in [1.29, 1.82) is 0 Å². The topological polar surface area (TPSA) is 15.3 Å². The zero-order valence-corrected chi connectivity index (χ0v) is 12.3. The fourth-order valence-electron chi connectivity index (χ4n) is 3.44. The van der Waals surface area contributed by atoms with Gasteiger partial charge >= 0.3 is 6.18 Å². The molecule has 0 radical (unpaired) electrons. The minimum Gasteiger partial charge on any atom is -0.315 e. The van der Waals surface area contributed by atoms with Crippen molar-refractivity contribution >= 4 is 0 Å². The molecule has 0 spiro atoms. The van der Waals surface area contributed by atoms with Gasteiger partial charge in [-0.15, -0.1) is 0 Å². The number of alkyl halides is 3. The molecular formula is C14H27F3N2. The van der Waals surface area contributed by atoms with Gasteiger partial charge in [-0.25, -0.2) is 0 Å². The molecule has 0 amide bonds. The van der Waals surface area contributed by atoms with E-state index in [2.05, 4.69) is 10.2 Å². The second-order valence-electron chi connectivity index (χ2n) is 5.91. The Kier molecular flexibility index (Phi) is 6.12. The standard InChI is InChI=1S/C14H27F3N2/c1-18-12(8-11-14(15,16)17)13(19(2)3)9-6-4-5-7-10-13/h12,18H,4-11H2,1-3H3. The van der Waals surface area contributed by atoms with Crippen LogP contribution in [0, 0.1) is 0 Å². The highest BCUT2D eigenvalue weighted by Gasteiger charge is 2.41. The van der Waals surface area contributed by atoms with Crippen molar-refractivity contribution in [2.45, 2.75) is 69.1 Å². The molecule has 1 unspecified atom stereocenters. The average Bonchev–Trinajstić information content (AvgIpc) is 2.55. The number of likely N-dealkylation sites (N-methyl/N-ethyl adjacent to an activating group) is 2. The number of hydrogen-bond donors (Lipinski definition) is 1. The van der Waals surface area contributed by atoms with E-state index in [1.165, 1.54) is 12.8 Å². The molecule has 1 saturated carbocycles. The highest BCUT2D eigenvalue weighted by molar-refractivity contribution is 4.99. The molecule has 1 aliphatic carbocycles. The first-order valence-electron chi connectivity index (χ1n) is 7.23. The van der Waals surface area contributed by atoms with Gasteiger partial charge < -0.3 is 10.2 Å². The fourth-order valence-corrected chi connectivity index (χ4v) is 3.44. The summed E-state index contributed by atoms with van der Waals surface area (Å²) in [6.45, 7) is 0. The molecule has 1 fully saturated rings. The molecule has 0 aromatic heterocycles. The summed E-state index contributed by atoms with van der Waals surface area (Å²) in [5.41, 5.74) is -0.128. The molecule has 0 heterocycles. The largest absolute Gasteiger partial charge is 0.389 e. The summed E-state index contributed by atoms with van der Waals surface area (Å²) in [4.78, 5) is 2.15. The van der Waals surface area contributed by atoms with Gasteiger partial charge in [0.05, 0.1) is 0 Å². The van der Waals surface area contributed by atoms with Crippen LogP contribution in [0.2, 0.25) is 0 Å². The monoisotopic (exact) mass is 280 g/mol. The predicted octanol–water partition coefficient (Wildman–Crippen LogP) is 3.57. The lowest BCUT2D eigenvalue weighted by molar-refractivity contribution is -0.138. The molecule has 2 nitrogen and oxygen atoms in total. The van der Waals surface area contributed by atoms with Gasteiger partial charge in [0.25, 0.3) is 0 Å². The number of rotatable bonds is 5. The van der Waals surface area contributed by atoms with Crippen LogP contribution in [0.4, 0.5) is 13.2 Å². The Morgan fingerprint density at radius 1 is 1.11 bits per heavy atom. The summed E-state index contributed by atoms with van der Waals surface area (Å²) < 4.78 is 37.5. The van der Waals surface area contributed by atoms with Crippen molar-refractivity contribution in [3.05, 3.63) is 0 Å². The first-order valence-corrected chi connectivity index (χ1v) is 7.23. The van der Waals surface area contributed by atoms with Crippen molar-refractivity contribution in [3.8, 4) is 0 Å². The van der Waals surface area contributed by atoms with Crippen LogP contribution in [-0.4, -0.2) is 43.8 Å². The minimum atomic E-state index is -4.06. The third kappa shape index (κ3) is 4.63. The highest BCUT2D eigenvalue weighted by Crippen LogP contribution is 2.37. The molecule has 1 rings (SSSR count). The van der Waals surface area contributed by atoms with E-state index in [4.69, 9.17) is 0 Å². The Morgan fingerprint density at radius 3 is 2.00 bits per heavy atom. The van der Waals surface area contributed by atoms with Gasteiger partial charge in [-0.1, -0.05) is 25.7 Å². The Balaban J connectivity index is 2.81. The van der Waals surface area contributed by atoms with Gasteiger partial charge in [-0.3, -0.25) is 0 Å². The third-order valence-corrected chi connectivity index (χ3v) is 4.57. The summed E-state index contributed by atoms with van der Waals surface area (Å²) in [7, 11) is 5.80. The number of nitrogens with one attached hydrogen (secondary N) is 1. The molecule has 0 aromatic rings. The molecule has 5 heteroatoms. The van der Waals surface area contributed by atoms with Gasteiger partial charge in [0, 0.05) is 18.0 Å². The normalized spacial score (nSPS) is 22.3. The maximum Gasteiger partial charge on any atom is 0.389 e. The predicted molar refractivity (Wildman–Crippen MR) is 72.3 cm³/mol. The summed E-state index contributed by atoms with van der Waals surface area (Å²) in [5.74, 6) is 0. The fraction of sp³-hybridized carbons (Fsp3) is 1.00. The summed E-state index contributed by atoms with van der Waals surface area (Å²) in [5, 5.41) is 3.15. The van der Waals surface area contributed by atoms with Crippen LogP contribution in [0.3, 0.4) is 0 Å². The van der Waals surface area contributed by atoms with Crippen molar-refractivity contribution < 1.29 is 13.2 Å². The van der Waals surface area contributed by atoms with Gasteiger partial charge in [-0.05, 0) is 40.4 Å². The van der Waals surface area contributed by atoms with E-state index >= 15 is 0 Å². The number of hydrogen-bond acceptors (Lipinski definition) is 2. The molecule has 0 bridgehead atoms. The average molecular weight is 280 g/mol. The summed E-state index contributed by atoms with van der Waals surface area (Å²) in [6, 6.07) is -0.0952. The molecule has 114 valence electrons. The maximum atomic E-state index is 12.5. The van der Waals surface area contributed by atoms with Gasteiger partial charge in [-0.2, -0.15) is 13.2 Å². The Bertz CT molecular complexity index is 256. The number of nitrogens with zero attached hydrogens (tertiary/aromatic N) is 1. The first-order chi connectivity index (χ1) is 8.82. The lowest BCUT2D eigenvalue weighted by Crippen LogP contribution is -2.58. The smallest absolute Gasteiger partial charge is 0.315 e. The molecule has 1 aliphatic rings.